The van der Waals surface area contributed by atoms with Gasteiger partial charge in [0.15, 0.2) is 5.78 Å². The molecule has 0 unspecified atom stereocenters. The van der Waals surface area contributed by atoms with Crippen molar-refractivity contribution in [1.29, 1.82) is 0 Å². The standard InChI is InChI=1S/C15H13BrOS/c1-11-4-2-7-14(8-11)18-10-15(17)12-5-3-6-13(16)9-12/h2-9H,10H2,1H3. The van der Waals surface area contributed by atoms with Gasteiger partial charge in [-0.25, -0.2) is 0 Å². The smallest absolute Gasteiger partial charge is 0.173 e. The number of halogens is 1. The van der Waals surface area contributed by atoms with E-state index in [1.807, 2.05) is 36.4 Å². The van der Waals surface area contributed by atoms with Crippen molar-refractivity contribution >= 4 is 33.5 Å². The van der Waals surface area contributed by atoms with Crippen LogP contribution in [0.15, 0.2) is 57.9 Å². The molecule has 0 heterocycles. The summed E-state index contributed by atoms with van der Waals surface area (Å²) in [6, 6.07) is 15.7. The number of thioether (sulfide) groups is 1. The summed E-state index contributed by atoms with van der Waals surface area (Å²) in [6.07, 6.45) is 0. The van der Waals surface area contributed by atoms with Crippen LogP contribution in [0.25, 0.3) is 0 Å². The fraction of sp³-hybridized carbons (Fsp3) is 0.133. The Morgan fingerprint density at radius 2 is 1.94 bits per heavy atom. The Balaban J connectivity index is 2.00. The second kappa shape index (κ2) is 6.21. The SMILES string of the molecule is Cc1cccc(SCC(=O)c2cccc(Br)c2)c1. The maximum absolute atomic E-state index is 12.0. The molecule has 2 aromatic carbocycles. The molecule has 0 aliphatic carbocycles. The third-order valence-corrected chi connectivity index (χ3v) is 3.99. The molecular formula is C15H13BrOS. The van der Waals surface area contributed by atoms with Crippen LogP contribution in [-0.4, -0.2) is 11.5 Å². The van der Waals surface area contributed by atoms with Gasteiger partial charge in [0.25, 0.3) is 0 Å². The normalized spacial score (nSPS) is 10.3. The van der Waals surface area contributed by atoms with Crippen LogP contribution in [0.4, 0.5) is 0 Å². The molecule has 0 radical (unpaired) electrons. The third kappa shape index (κ3) is 3.72. The van der Waals surface area contributed by atoms with E-state index in [2.05, 4.69) is 35.0 Å². The second-order valence-electron chi connectivity index (χ2n) is 4.04. The first-order valence-corrected chi connectivity index (χ1v) is 7.41. The highest BCUT2D eigenvalue weighted by molar-refractivity contribution is 9.10. The minimum absolute atomic E-state index is 0.155. The van der Waals surface area contributed by atoms with Crippen molar-refractivity contribution in [2.45, 2.75) is 11.8 Å². The number of Topliss-reactive ketones (excluding diaryl/α,β-unsaturated/α-hetero) is 1. The number of rotatable bonds is 4. The van der Waals surface area contributed by atoms with E-state index in [-0.39, 0.29) is 5.78 Å². The first kappa shape index (κ1) is 13.4. The number of aryl methyl sites for hydroxylation is 1. The van der Waals surface area contributed by atoms with Crippen LogP contribution in [0, 0.1) is 6.92 Å². The lowest BCUT2D eigenvalue weighted by atomic mass is 10.2. The number of hydrogen-bond donors (Lipinski definition) is 0. The molecule has 0 aliphatic rings. The summed E-state index contributed by atoms with van der Waals surface area (Å²) < 4.78 is 0.939. The molecule has 0 bridgehead atoms. The predicted octanol–water partition coefficient (Wildman–Crippen LogP) is 4.73. The molecule has 0 saturated carbocycles. The molecule has 1 nitrogen and oxygen atoms in total. The largest absolute Gasteiger partial charge is 0.293 e. The van der Waals surface area contributed by atoms with Crippen LogP contribution < -0.4 is 0 Å². The zero-order valence-corrected chi connectivity index (χ0v) is 12.4. The lowest BCUT2D eigenvalue weighted by Gasteiger charge is -2.03. The van der Waals surface area contributed by atoms with Gasteiger partial charge in [0.05, 0.1) is 5.75 Å². The Morgan fingerprint density at radius 1 is 1.17 bits per heavy atom. The molecule has 0 atom stereocenters. The van der Waals surface area contributed by atoms with E-state index in [9.17, 15) is 4.79 Å². The van der Waals surface area contributed by atoms with E-state index in [1.54, 1.807) is 11.8 Å². The van der Waals surface area contributed by atoms with Gasteiger partial charge in [-0.05, 0) is 31.2 Å². The molecular weight excluding hydrogens is 308 g/mol. The summed E-state index contributed by atoms with van der Waals surface area (Å²) in [7, 11) is 0. The summed E-state index contributed by atoms with van der Waals surface area (Å²) in [6.45, 7) is 2.06. The van der Waals surface area contributed by atoms with Gasteiger partial charge >= 0.3 is 0 Å². The zero-order chi connectivity index (χ0) is 13.0. The Morgan fingerprint density at radius 3 is 2.67 bits per heavy atom. The van der Waals surface area contributed by atoms with E-state index in [1.165, 1.54) is 5.56 Å². The highest BCUT2D eigenvalue weighted by atomic mass is 79.9. The van der Waals surface area contributed by atoms with Gasteiger partial charge in [0.1, 0.15) is 0 Å². The van der Waals surface area contributed by atoms with Crippen molar-refractivity contribution in [2.75, 3.05) is 5.75 Å². The van der Waals surface area contributed by atoms with Gasteiger partial charge in [0.2, 0.25) is 0 Å². The number of carbonyl (C=O) groups excluding carboxylic acids is 1. The summed E-state index contributed by atoms with van der Waals surface area (Å²) >= 11 is 4.96. The highest BCUT2D eigenvalue weighted by Crippen LogP contribution is 2.21. The van der Waals surface area contributed by atoms with Crippen LogP contribution in [-0.2, 0) is 0 Å². The fourth-order valence-corrected chi connectivity index (χ4v) is 2.91. The molecule has 2 rings (SSSR count). The third-order valence-electron chi connectivity index (χ3n) is 2.51. The maximum atomic E-state index is 12.0. The van der Waals surface area contributed by atoms with Crippen molar-refractivity contribution in [3.05, 3.63) is 64.1 Å². The quantitative estimate of drug-likeness (QED) is 0.598. The summed E-state index contributed by atoms with van der Waals surface area (Å²) in [5, 5.41) is 0. The molecule has 0 aliphatic heterocycles. The first-order chi connectivity index (χ1) is 8.65. The van der Waals surface area contributed by atoms with Gasteiger partial charge in [-0.15, -0.1) is 11.8 Å². The summed E-state index contributed by atoms with van der Waals surface area (Å²) in [5.74, 6) is 0.628. The van der Waals surface area contributed by atoms with Crippen LogP contribution in [0.3, 0.4) is 0 Å². The lowest BCUT2D eigenvalue weighted by Crippen LogP contribution is -2.01. The van der Waals surface area contributed by atoms with Gasteiger partial charge < -0.3 is 0 Å². The van der Waals surface area contributed by atoms with Crippen molar-refractivity contribution in [1.82, 2.24) is 0 Å². The van der Waals surface area contributed by atoms with Crippen LogP contribution >= 0.6 is 27.7 Å². The Bertz CT molecular complexity index is 566. The van der Waals surface area contributed by atoms with Crippen molar-refractivity contribution in [2.24, 2.45) is 0 Å². The summed E-state index contributed by atoms with van der Waals surface area (Å²) in [5.41, 5.74) is 1.97. The zero-order valence-electron chi connectivity index (χ0n) is 10.0. The molecule has 0 fully saturated rings. The number of benzene rings is 2. The Kier molecular flexibility index (Phi) is 4.61. The molecule has 0 amide bonds. The maximum Gasteiger partial charge on any atom is 0.173 e. The Labute approximate surface area is 120 Å². The number of hydrogen-bond acceptors (Lipinski definition) is 2. The molecule has 0 aromatic heterocycles. The van der Waals surface area contributed by atoms with E-state index < -0.39 is 0 Å². The molecule has 0 N–H and O–H groups in total. The molecule has 0 saturated heterocycles. The Hall–Kier alpha value is -1.06. The second-order valence-corrected chi connectivity index (χ2v) is 6.00. The number of carbonyl (C=O) groups is 1. The van der Waals surface area contributed by atoms with Crippen LogP contribution in [0.2, 0.25) is 0 Å². The molecule has 92 valence electrons. The summed E-state index contributed by atoms with van der Waals surface area (Å²) in [4.78, 5) is 13.2. The van der Waals surface area contributed by atoms with E-state index in [4.69, 9.17) is 0 Å². The number of ketones is 1. The van der Waals surface area contributed by atoms with Gasteiger partial charge in [-0.2, -0.15) is 0 Å². The van der Waals surface area contributed by atoms with E-state index in [0.29, 0.717) is 5.75 Å². The molecule has 18 heavy (non-hydrogen) atoms. The minimum atomic E-state index is 0.155. The molecule has 2 aromatic rings. The molecule has 0 spiro atoms. The highest BCUT2D eigenvalue weighted by Gasteiger charge is 2.06. The monoisotopic (exact) mass is 320 g/mol. The lowest BCUT2D eigenvalue weighted by molar-refractivity contribution is 0.102. The van der Waals surface area contributed by atoms with E-state index >= 15 is 0 Å². The first-order valence-electron chi connectivity index (χ1n) is 5.63. The average molecular weight is 321 g/mol. The van der Waals surface area contributed by atoms with Crippen LogP contribution in [0.5, 0.6) is 0 Å². The van der Waals surface area contributed by atoms with Crippen molar-refractivity contribution < 1.29 is 4.79 Å². The van der Waals surface area contributed by atoms with Crippen molar-refractivity contribution in [3.63, 3.8) is 0 Å². The average Bonchev–Trinajstić information content (AvgIpc) is 2.36. The van der Waals surface area contributed by atoms with E-state index in [0.717, 1.165) is 14.9 Å². The van der Waals surface area contributed by atoms with Crippen LogP contribution in [0.1, 0.15) is 15.9 Å². The predicted molar refractivity (Wildman–Crippen MR) is 80.4 cm³/mol. The minimum Gasteiger partial charge on any atom is -0.293 e. The molecule has 3 heteroatoms. The topological polar surface area (TPSA) is 17.1 Å². The van der Waals surface area contributed by atoms with Gasteiger partial charge in [-0.1, -0.05) is 45.8 Å². The van der Waals surface area contributed by atoms with Crippen molar-refractivity contribution in [3.8, 4) is 0 Å². The van der Waals surface area contributed by atoms with Gasteiger partial charge in [-0.3, -0.25) is 4.79 Å². The fourth-order valence-electron chi connectivity index (χ4n) is 1.60. The van der Waals surface area contributed by atoms with Gasteiger partial charge in [0, 0.05) is 14.9 Å².